The predicted octanol–water partition coefficient (Wildman–Crippen LogP) is 5.18. The molecule has 4 aliphatic heterocycles. The molecule has 10 rings (SSSR count). The highest BCUT2D eigenvalue weighted by atomic mass is 16.5. The lowest BCUT2D eigenvalue weighted by Gasteiger charge is -2.52. The second-order valence-electron chi connectivity index (χ2n) is 27.1. The van der Waals surface area contributed by atoms with Crippen molar-refractivity contribution in [2.75, 3.05) is 66.0 Å². The fourth-order valence-electron chi connectivity index (χ4n) is 13.2. The van der Waals surface area contributed by atoms with E-state index in [4.69, 9.17) is 9.47 Å². The van der Waals surface area contributed by atoms with Gasteiger partial charge in [-0.1, -0.05) is 156 Å². The number of likely N-dealkylation sites (N-methyl/N-ethyl adjacent to an activating group) is 1. The summed E-state index contributed by atoms with van der Waals surface area (Å²) in [5.74, 6) is -4.47. The fourth-order valence-corrected chi connectivity index (χ4v) is 13.2. The Morgan fingerprint density at radius 2 is 0.891 bits per heavy atom. The monoisotopic (exact) mass is 1250 g/mol. The maximum atomic E-state index is 15.0. The van der Waals surface area contributed by atoms with Gasteiger partial charge in [0, 0.05) is 100 Å². The van der Waals surface area contributed by atoms with E-state index in [1.165, 1.54) is 19.4 Å². The number of rotatable bonds is 24. The zero-order chi connectivity index (χ0) is 65.5. The van der Waals surface area contributed by atoms with Crippen molar-refractivity contribution in [3.8, 4) is 0 Å². The second-order valence-corrected chi connectivity index (χ2v) is 27.1. The molecule has 8 amide bonds. The number of ether oxygens (including phenoxy) is 2. The molecule has 486 valence electrons. The summed E-state index contributed by atoms with van der Waals surface area (Å²) in [6.45, 7) is 15.0. The van der Waals surface area contributed by atoms with Gasteiger partial charge in [-0.2, -0.15) is 10.2 Å². The molecular formula is C70H86N12O10. The lowest BCUT2D eigenvalue weighted by molar-refractivity contribution is -0.158. The molecule has 2 spiro atoms. The van der Waals surface area contributed by atoms with Crippen LogP contribution in [0.2, 0.25) is 0 Å². The van der Waals surface area contributed by atoms with Crippen LogP contribution in [0.1, 0.15) is 97.9 Å². The summed E-state index contributed by atoms with van der Waals surface area (Å²) in [7, 11) is 1.49. The van der Waals surface area contributed by atoms with Crippen LogP contribution in [0.3, 0.4) is 0 Å². The molecule has 4 fully saturated rings. The number of carbonyl (C=O) groups is 8. The minimum atomic E-state index is -1.22. The van der Waals surface area contributed by atoms with Gasteiger partial charge in [0.2, 0.25) is 35.4 Å². The number of benzene rings is 4. The first-order valence-corrected chi connectivity index (χ1v) is 31.7. The third-order valence-electron chi connectivity index (χ3n) is 18.6. The maximum absolute atomic E-state index is 15.0. The van der Waals surface area contributed by atoms with Crippen LogP contribution in [0.25, 0.3) is 0 Å². The number of likely N-dealkylation sites (tertiary alicyclic amines) is 4. The Kier molecular flexibility index (Phi) is 19.9. The molecule has 0 radical (unpaired) electrons. The van der Waals surface area contributed by atoms with E-state index in [-0.39, 0.29) is 102 Å². The maximum Gasteiger partial charge on any atom is 0.257 e. The number of amides is 8. The molecule has 4 aliphatic rings. The number of hydrogen-bond donors (Lipinski definition) is 4. The van der Waals surface area contributed by atoms with Crippen LogP contribution in [-0.2, 0) is 64.5 Å². The highest BCUT2D eigenvalue weighted by Gasteiger charge is 2.61. The summed E-state index contributed by atoms with van der Waals surface area (Å²) in [5.41, 5.74) is 1.06. The smallest absolute Gasteiger partial charge is 0.257 e. The normalized spacial score (nSPS) is 18.7. The van der Waals surface area contributed by atoms with Gasteiger partial charge in [-0.15, -0.1) is 0 Å². The van der Waals surface area contributed by atoms with Crippen LogP contribution < -0.4 is 21.3 Å². The lowest BCUT2D eigenvalue weighted by atomic mass is 9.70. The van der Waals surface area contributed by atoms with E-state index in [0.29, 0.717) is 24.2 Å². The van der Waals surface area contributed by atoms with Crippen molar-refractivity contribution < 1.29 is 47.8 Å². The molecule has 0 saturated carbocycles. The molecule has 0 unspecified atom stereocenters. The zero-order valence-electron chi connectivity index (χ0n) is 53.9. The van der Waals surface area contributed by atoms with Crippen LogP contribution in [0.5, 0.6) is 0 Å². The molecule has 4 saturated heterocycles. The molecule has 6 atom stereocenters. The minimum absolute atomic E-state index is 0.0202. The first-order valence-electron chi connectivity index (χ1n) is 31.7. The third kappa shape index (κ3) is 15.0. The highest BCUT2D eigenvalue weighted by Crippen LogP contribution is 2.48. The summed E-state index contributed by atoms with van der Waals surface area (Å²) in [6.07, 6.45) is 4.99. The third-order valence-corrected chi connectivity index (χ3v) is 18.6. The minimum Gasteiger partial charge on any atom is -0.371 e. The van der Waals surface area contributed by atoms with Gasteiger partial charge < -0.3 is 50.3 Å². The summed E-state index contributed by atoms with van der Waals surface area (Å²) in [5, 5.41) is 20.6. The number of carbonyl (C=O) groups excluding carboxylic acids is 8. The van der Waals surface area contributed by atoms with E-state index >= 15 is 4.79 Å². The van der Waals surface area contributed by atoms with E-state index in [2.05, 4.69) is 31.5 Å². The average molecular weight is 1260 g/mol. The molecule has 4 aromatic carbocycles. The van der Waals surface area contributed by atoms with Crippen LogP contribution >= 0.6 is 0 Å². The van der Waals surface area contributed by atoms with Gasteiger partial charge in [0.15, 0.2) is 0 Å². The topological polar surface area (TPSA) is 252 Å². The van der Waals surface area contributed by atoms with Gasteiger partial charge in [0.05, 0.1) is 73.9 Å². The Balaban J connectivity index is 0.821. The second kappa shape index (κ2) is 27.8. The Hall–Kier alpha value is -9.02. The lowest BCUT2D eigenvalue weighted by Crippen LogP contribution is -2.66. The van der Waals surface area contributed by atoms with Gasteiger partial charge in [0.25, 0.3) is 11.8 Å². The van der Waals surface area contributed by atoms with Crippen molar-refractivity contribution in [2.24, 2.45) is 33.5 Å². The number of nitrogens with zero attached hydrogens (tertiary/aromatic N) is 8. The van der Waals surface area contributed by atoms with E-state index in [9.17, 15) is 33.6 Å². The number of nitrogens with one attached hydrogen (secondary N) is 4. The van der Waals surface area contributed by atoms with Crippen molar-refractivity contribution >= 4 is 47.3 Å². The summed E-state index contributed by atoms with van der Waals surface area (Å²) >= 11 is 0. The largest absolute Gasteiger partial charge is 0.371 e. The van der Waals surface area contributed by atoms with E-state index < -0.39 is 81.4 Å². The Morgan fingerprint density at radius 1 is 0.522 bits per heavy atom. The zero-order valence-corrected chi connectivity index (χ0v) is 53.9. The van der Waals surface area contributed by atoms with Crippen molar-refractivity contribution in [3.63, 3.8) is 0 Å². The summed E-state index contributed by atoms with van der Waals surface area (Å²) < 4.78 is 15.9. The quantitative estimate of drug-likeness (QED) is 0.0612. The Bertz CT molecular complexity index is 3600. The summed E-state index contributed by atoms with van der Waals surface area (Å²) in [4.78, 5) is 122. The van der Waals surface area contributed by atoms with Crippen molar-refractivity contribution in [1.82, 2.24) is 60.4 Å². The Morgan fingerprint density at radius 3 is 1.28 bits per heavy atom. The molecule has 6 heterocycles. The van der Waals surface area contributed by atoms with E-state index in [1.807, 2.05) is 142 Å². The highest BCUT2D eigenvalue weighted by molar-refractivity contribution is 5.97. The molecule has 4 N–H and O–H groups in total. The van der Waals surface area contributed by atoms with Gasteiger partial charge in [-0.3, -0.25) is 47.7 Å². The first-order chi connectivity index (χ1) is 43.9. The van der Waals surface area contributed by atoms with E-state index in [1.54, 1.807) is 69.1 Å². The van der Waals surface area contributed by atoms with Crippen LogP contribution in [0, 0.1) is 33.5 Å². The predicted molar refractivity (Wildman–Crippen MR) is 343 cm³/mol. The molecular weight excluding hydrogens is 1170 g/mol. The molecule has 6 aromatic rings. The molecule has 0 bridgehead atoms. The number of hydrogen-bond acceptors (Lipinski definition) is 12. The molecule has 92 heavy (non-hydrogen) atoms. The van der Waals surface area contributed by atoms with Gasteiger partial charge in [-0.05, 0) is 42.5 Å². The van der Waals surface area contributed by atoms with Gasteiger partial charge in [-0.25, -0.2) is 0 Å². The molecule has 22 heteroatoms. The molecule has 22 nitrogen and oxygen atoms in total. The summed E-state index contributed by atoms with van der Waals surface area (Å²) in [6, 6.07) is 36.1. The van der Waals surface area contributed by atoms with Crippen molar-refractivity contribution in [2.45, 2.75) is 105 Å². The van der Waals surface area contributed by atoms with Gasteiger partial charge in [0.1, 0.15) is 12.1 Å². The molecule has 0 aliphatic carbocycles. The van der Waals surface area contributed by atoms with Crippen LogP contribution in [0.15, 0.2) is 146 Å². The SMILES string of the molecule is CNC(=O)[C@@H](NC(=O)[C@@H]1CN(C(=O)c2cnn(Cc3ccccc3)c2)CC12CN(C(=O)C(C)(C)CCNC(=O)[C@@H](NC(=O)[C@H]1CN(C(=O)c3cnn(Cc4ccccc4)c3)CC13CN(C(=O)C(C)(C)C)C3)[C@@H](C)OCc1ccccc1)C2)[C@@H](C)OCc1ccccc1. The number of aromatic nitrogens is 4. The standard InChI is InChI=1S/C70H86N12O10/c1-47(91-39-51-25-17-11-18-26-51)57(61(85)71-8)75-59(83)55-37-78(64(88)54-32-74-82(36-54)34-50-23-15-10-16-24-50)42-70(55)45-80(46-70)66(90)68(6,7)29-30-72-62(86)58(48(2)92-40-52-27-19-12-20-28-52)76-60(84)56-38-77(41-69(56)43-79(44-69)65(89)67(3,4)5)63(87)53-31-73-81(35-53)33-49-21-13-9-14-22-49/h9-28,31-32,35-36,47-48,55-58H,29-30,33-34,37-46H2,1-8H3,(H,71,85)(H,72,86)(H,75,83)(H,76,84)/t47-,48-,55+,56-,57+,58+/m1/s1. The van der Waals surface area contributed by atoms with Crippen LogP contribution in [0.4, 0.5) is 0 Å². The molecule has 2 aromatic heterocycles. The van der Waals surface area contributed by atoms with Crippen LogP contribution in [-0.4, -0.2) is 177 Å². The van der Waals surface area contributed by atoms with E-state index in [0.717, 1.165) is 22.3 Å². The van der Waals surface area contributed by atoms with Crippen molar-refractivity contribution in [3.05, 3.63) is 179 Å². The average Bonchev–Trinajstić information content (AvgIpc) is 1.53. The Labute approximate surface area is 537 Å². The van der Waals surface area contributed by atoms with Gasteiger partial charge >= 0.3 is 0 Å². The fraction of sp³-hybridized carbons (Fsp3) is 0.457. The van der Waals surface area contributed by atoms with Crippen molar-refractivity contribution in [1.29, 1.82) is 0 Å². The first kappa shape index (κ1) is 65.9.